The predicted molar refractivity (Wildman–Crippen MR) is 146 cm³/mol. The maximum Gasteiger partial charge on any atom is 0.223 e. The molecule has 0 atom stereocenters. The Bertz CT molecular complexity index is 914. The molecule has 34 heavy (non-hydrogen) atoms. The van der Waals surface area contributed by atoms with E-state index in [-0.39, 0.29) is 11.3 Å². The van der Waals surface area contributed by atoms with E-state index in [2.05, 4.69) is 94.4 Å². The molecule has 1 amide bonds. The molecule has 0 radical (unpaired) electrons. The Morgan fingerprint density at radius 2 is 1.76 bits per heavy atom. The Labute approximate surface area is 208 Å². The van der Waals surface area contributed by atoms with Crippen LogP contribution in [-0.4, -0.2) is 35.4 Å². The number of rotatable bonds is 12. The summed E-state index contributed by atoms with van der Waals surface area (Å²) in [5, 5.41) is 0. The van der Waals surface area contributed by atoms with Gasteiger partial charge in [0.1, 0.15) is 0 Å². The van der Waals surface area contributed by atoms with E-state index in [1.165, 1.54) is 22.4 Å². The monoisotopic (exact) mass is 465 g/mol. The van der Waals surface area contributed by atoms with E-state index in [0.717, 1.165) is 51.0 Å². The van der Waals surface area contributed by atoms with Crippen LogP contribution in [0.3, 0.4) is 0 Å². The zero-order valence-electron chi connectivity index (χ0n) is 22.9. The molecule has 0 saturated carbocycles. The van der Waals surface area contributed by atoms with Gasteiger partial charge in [-0.2, -0.15) is 0 Å². The molecule has 0 aliphatic carbocycles. The van der Waals surface area contributed by atoms with Crippen molar-refractivity contribution >= 4 is 17.3 Å². The number of aryl methyl sites for hydroxylation is 3. The number of pyridine rings is 1. The average Bonchev–Trinajstić information content (AvgIpc) is 2.76. The van der Waals surface area contributed by atoms with Gasteiger partial charge in [-0.05, 0) is 72.4 Å². The smallest absolute Gasteiger partial charge is 0.223 e. The van der Waals surface area contributed by atoms with Crippen LogP contribution >= 0.6 is 0 Å². The van der Waals surface area contributed by atoms with Crippen LogP contribution in [0.25, 0.3) is 0 Å². The standard InChI is InChI=1S/C30H47N3O/c1-9-12-26-18-27(14-13-24(26)5)33(28-17-25(10-2)20-31-21-28)16-11-15-32(22-23(3)4)29(34)19-30(6,7)8/h13-14,17-18,20-21,23H,9-12,15-16,19,22H2,1-8H3. The van der Waals surface area contributed by atoms with E-state index in [1.54, 1.807) is 0 Å². The van der Waals surface area contributed by atoms with Gasteiger partial charge in [-0.3, -0.25) is 9.78 Å². The molecule has 0 bridgehead atoms. The Balaban J connectivity index is 2.27. The van der Waals surface area contributed by atoms with Crippen LogP contribution in [0.5, 0.6) is 0 Å². The Kier molecular flexibility index (Phi) is 10.6. The van der Waals surface area contributed by atoms with Crippen LogP contribution < -0.4 is 4.90 Å². The van der Waals surface area contributed by atoms with Crippen molar-refractivity contribution in [3.63, 3.8) is 0 Å². The van der Waals surface area contributed by atoms with Crippen LogP contribution in [0.1, 0.15) is 84.4 Å². The van der Waals surface area contributed by atoms with Gasteiger partial charge < -0.3 is 9.80 Å². The van der Waals surface area contributed by atoms with Crippen molar-refractivity contribution in [3.8, 4) is 0 Å². The highest BCUT2D eigenvalue weighted by molar-refractivity contribution is 5.76. The fourth-order valence-corrected chi connectivity index (χ4v) is 4.33. The second-order valence-electron chi connectivity index (χ2n) is 11.2. The van der Waals surface area contributed by atoms with Crippen molar-refractivity contribution in [3.05, 3.63) is 53.3 Å². The van der Waals surface area contributed by atoms with Crippen molar-refractivity contribution in [2.45, 2.75) is 87.5 Å². The van der Waals surface area contributed by atoms with Gasteiger partial charge in [0.15, 0.2) is 0 Å². The highest BCUT2D eigenvalue weighted by Crippen LogP contribution is 2.29. The fourth-order valence-electron chi connectivity index (χ4n) is 4.33. The van der Waals surface area contributed by atoms with E-state index >= 15 is 0 Å². The number of amides is 1. The van der Waals surface area contributed by atoms with E-state index < -0.39 is 0 Å². The molecule has 0 unspecified atom stereocenters. The number of nitrogens with zero attached hydrogens (tertiary/aromatic N) is 3. The van der Waals surface area contributed by atoms with E-state index in [9.17, 15) is 4.79 Å². The number of hydrogen-bond donors (Lipinski definition) is 0. The van der Waals surface area contributed by atoms with Crippen molar-refractivity contribution in [2.24, 2.45) is 11.3 Å². The molecule has 2 aromatic rings. The lowest BCUT2D eigenvalue weighted by Crippen LogP contribution is -2.38. The number of aromatic nitrogens is 1. The zero-order chi connectivity index (χ0) is 25.3. The summed E-state index contributed by atoms with van der Waals surface area (Å²) in [5.41, 5.74) is 6.34. The topological polar surface area (TPSA) is 36.4 Å². The molecule has 188 valence electrons. The third-order valence-electron chi connectivity index (χ3n) is 6.09. The SMILES string of the molecule is CCCc1cc(N(CCCN(CC(C)C)C(=O)CC(C)(C)C)c2cncc(CC)c2)ccc1C. The van der Waals surface area contributed by atoms with E-state index in [0.29, 0.717) is 12.3 Å². The molecule has 1 aromatic heterocycles. The third-order valence-corrected chi connectivity index (χ3v) is 6.09. The highest BCUT2D eigenvalue weighted by Gasteiger charge is 2.22. The predicted octanol–water partition coefficient (Wildman–Crippen LogP) is 7.35. The van der Waals surface area contributed by atoms with E-state index in [4.69, 9.17) is 0 Å². The van der Waals surface area contributed by atoms with Gasteiger partial charge in [0.25, 0.3) is 0 Å². The summed E-state index contributed by atoms with van der Waals surface area (Å²) >= 11 is 0. The lowest BCUT2D eigenvalue weighted by atomic mass is 9.91. The quantitative estimate of drug-likeness (QED) is 0.329. The first-order chi connectivity index (χ1) is 16.0. The van der Waals surface area contributed by atoms with Gasteiger partial charge in [0.05, 0.1) is 11.9 Å². The summed E-state index contributed by atoms with van der Waals surface area (Å²) in [5.74, 6) is 0.724. The Morgan fingerprint density at radius 1 is 1.03 bits per heavy atom. The Hall–Kier alpha value is -2.36. The molecule has 0 saturated heterocycles. The van der Waals surface area contributed by atoms with Crippen LogP contribution in [0.4, 0.5) is 11.4 Å². The molecular weight excluding hydrogens is 418 g/mol. The molecule has 1 heterocycles. The fraction of sp³-hybridized carbons (Fsp3) is 0.600. The molecule has 1 aromatic carbocycles. The summed E-state index contributed by atoms with van der Waals surface area (Å²) in [6.45, 7) is 19.8. The molecule has 0 spiro atoms. The lowest BCUT2D eigenvalue weighted by Gasteiger charge is -2.30. The minimum atomic E-state index is 0.00217. The maximum atomic E-state index is 13.0. The average molecular weight is 466 g/mol. The first kappa shape index (κ1) is 27.9. The van der Waals surface area contributed by atoms with Crippen molar-refractivity contribution < 1.29 is 4.79 Å². The summed E-state index contributed by atoms with van der Waals surface area (Å²) in [6, 6.07) is 9.06. The first-order valence-corrected chi connectivity index (χ1v) is 13.1. The van der Waals surface area contributed by atoms with Crippen molar-refractivity contribution in [2.75, 3.05) is 24.5 Å². The second kappa shape index (κ2) is 12.9. The van der Waals surface area contributed by atoms with Crippen LogP contribution in [0.2, 0.25) is 0 Å². The van der Waals surface area contributed by atoms with Crippen LogP contribution in [0.15, 0.2) is 36.7 Å². The number of carbonyl (C=O) groups excluding carboxylic acids is 1. The molecule has 0 N–H and O–H groups in total. The van der Waals surface area contributed by atoms with Gasteiger partial charge in [0, 0.05) is 37.9 Å². The van der Waals surface area contributed by atoms with Crippen LogP contribution in [-0.2, 0) is 17.6 Å². The molecule has 0 fully saturated rings. The van der Waals surface area contributed by atoms with Gasteiger partial charge in [0.2, 0.25) is 5.91 Å². The molecule has 0 aliphatic heterocycles. The zero-order valence-corrected chi connectivity index (χ0v) is 22.9. The normalized spacial score (nSPS) is 11.7. The van der Waals surface area contributed by atoms with Gasteiger partial charge >= 0.3 is 0 Å². The summed E-state index contributed by atoms with van der Waals surface area (Å²) in [4.78, 5) is 22.0. The van der Waals surface area contributed by atoms with Crippen LogP contribution in [0, 0.1) is 18.3 Å². The van der Waals surface area contributed by atoms with Crippen molar-refractivity contribution in [1.29, 1.82) is 0 Å². The minimum Gasteiger partial charge on any atom is -0.342 e. The maximum absolute atomic E-state index is 13.0. The van der Waals surface area contributed by atoms with Gasteiger partial charge in [-0.15, -0.1) is 0 Å². The lowest BCUT2D eigenvalue weighted by molar-refractivity contribution is -0.133. The highest BCUT2D eigenvalue weighted by atomic mass is 16.2. The summed E-state index contributed by atoms with van der Waals surface area (Å²) in [6.07, 6.45) is 8.61. The molecule has 4 heteroatoms. The molecule has 2 rings (SSSR count). The van der Waals surface area contributed by atoms with Gasteiger partial charge in [-0.25, -0.2) is 0 Å². The summed E-state index contributed by atoms with van der Waals surface area (Å²) in [7, 11) is 0. The van der Waals surface area contributed by atoms with Gasteiger partial charge in [-0.1, -0.05) is 61.0 Å². The number of anilines is 2. The summed E-state index contributed by atoms with van der Waals surface area (Å²) < 4.78 is 0. The second-order valence-corrected chi connectivity index (χ2v) is 11.2. The minimum absolute atomic E-state index is 0.00217. The Morgan fingerprint density at radius 3 is 2.38 bits per heavy atom. The molecular formula is C30H47N3O. The van der Waals surface area contributed by atoms with E-state index in [1.807, 2.05) is 12.4 Å². The first-order valence-electron chi connectivity index (χ1n) is 13.1. The largest absolute Gasteiger partial charge is 0.342 e. The van der Waals surface area contributed by atoms with Crippen molar-refractivity contribution in [1.82, 2.24) is 9.88 Å². The molecule has 4 nitrogen and oxygen atoms in total. The number of benzene rings is 1. The number of carbonyl (C=O) groups is 1. The number of hydrogen-bond acceptors (Lipinski definition) is 3. The molecule has 0 aliphatic rings. The third kappa shape index (κ3) is 8.77.